The molecule has 1 spiro atoms. The molecule has 0 aromatic rings. The van der Waals surface area contributed by atoms with Gasteiger partial charge in [-0.2, -0.15) is 0 Å². The molecule has 0 radical (unpaired) electrons. The first kappa shape index (κ1) is 26.3. The third-order valence-corrected chi connectivity index (χ3v) is 9.43. The first-order valence-corrected chi connectivity index (χ1v) is 14.0. The maximum absolute atomic E-state index is 10.8. The highest BCUT2D eigenvalue weighted by Gasteiger charge is 2.69. The summed E-state index contributed by atoms with van der Waals surface area (Å²) in [5.74, 6) is 0.439. The highest BCUT2D eigenvalue weighted by molar-refractivity contribution is 5.09. The van der Waals surface area contributed by atoms with E-state index in [9.17, 15) is 5.11 Å². The number of fused-ring (bicyclic) bond motifs is 2. The summed E-state index contributed by atoms with van der Waals surface area (Å²) >= 11 is 0. The Labute approximate surface area is 210 Å². The smallest absolute Gasteiger partial charge is 0.201 e. The topological polar surface area (TPSA) is 93.7 Å². The lowest BCUT2D eigenvalue weighted by atomic mass is 9.58. The molecule has 6 aliphatic rings. The van der Waals surface area contributed by atoms with Gasteiger partial charge in [-0.3, -0.25) is 0 Å². The van der Waals surface area contributed by atoms with Crippen LogP contribution in [0.3, 0.4) is 0 Å². The molecule has 3 N–H and O–H groups in total. The van der Waals surface area contributed by atoms with Crippen LogP contribution in [0.15, 0.2) is 0 Å². The van der Waals surface area contributed by atoms with E-state index in [4.69, 9.17) is 24.0 Å². The molecule has 5 heterocycles. The van der Waals surface area contributed by atoms with Crippen molar-refractivity contribution in [1.82, 2.24) is 15.5 Å². The molecule has 1 saturated carbocycles. The van der Waals surface area contributed by atoms with Crippen molar-refractivity contribution in [3.63, 3.8) is 0 Å². The highest BCUT2D eigenvalue weighted by Crippen LogP contribution is 2.60. The van der Waals surface area contributed by atoms with Gasteiger partial charge in [-0.15, -0.1) is 0 Å². The van der Waals surface area contributed by atoms with Crippen molar-refractivity contribution in [2.75, 3.05) is 45.9 Å². The van der Waals surface area contributed by atoms with Crippen molar-refractivity contribution in [2.45, 2.75) is 95.9 Å². The van der Waals surface area contributed by atoms with Gasteiger partial charge in [0.15, 0.2) is 18.2 Å². The largest absolute Gasteiger partial charge is 0.389 e. The van der Waals surface area contributed by atoms with E-state index in [-0.39, 0.29) is 24.5 Å². The van der Waals surface area contributed by atoms with Gasteiger partial charge in [0.05, 0.1) is 12.7 Å². The van der Waals surface area contributed by atoms with Crippen LogP contribution >= 0.6 is 0 Å². The normalized spacial score (nSPS) is 45.5. The van der Waals surface area contributed by atoms with Crippen molar-refractivity contribution >= 4 is 0 Å². The Morgan fingerprint density at radius 1 is 1.14 bits per heavy atom. The van der Waals surface area contributed by atoms with Crippen LogP contribution in [0.2, 0.25) is 0 Å². The molecule has 9 nitrogen and oxygen atoms in total. The van der Waals surface area contributed by atoms with Gasteiger partial charge >= 0.3 is 0 Å². The second kappa shape index (κ2) is 10.8. The van der Waals surface area contributed by atoms with Gasteiger partial charge in [0.2, 0.25) is 5.79 Å². The molecule has 202 valence electrons. The van der Waals surface area contributed by atoms with E-state index in [1.54, 1.807) is 0 Å². The molecule has 0 amide bonds. The van der Waals surface area contributed by atoms with Crippen LogP contribution in [0.5, 0.6) is 0 Å². The summed E-state index contributed by atoms with van der Waals surface area (Å²) in [6.07, 6.45) is 3.53. The Balaban J connectivity index is 1.13. The standard InChI is InChI=1S/C26H47N3O6/c1-17-6-7-21-18(2)23(32-24-26(21)20(17)8-9-25(4,33-24)34-35-26)31-16-22(30)19(3)28-10-5-13-29-14-11-27-12-15-29/h17-24,27-28,30H,5-16H2,1-4H3/t17-,18-,19?,20+,21+,22?,23?,24-,25+,26-/m1/s1. The molecule has 2 bridgehead atoms. The van der Waals surface area contributed by atoms with E-state index in [2.05, 4.69) is 29.4 Å². The zero-order chi connectivity index (χ0) is 24.6. The molecule has 5 saturated heterocycles. The molecule has 5 aliphatic heterocycles. The number of nitrogens with one attached hydrogen (secondary N) is 2. The zero-order valence-corrected chi connectivity index (χ0v) is 22.0. The minimum Gasteiger partial charge on any atom is -0.389 e. The van der Waals surface area contributed by atoms with Gasteiger partial charge in [-0.1, -0.05) is 13.8 Å². The minimum absolute atomic E-state index is 0.0519. The van der Waals surface area contributed by atoms with Crippen LogP contribution in [-0.4, -0.2) is 92.0 Å². The number of nitrogens with zero attached hydrogens (tertiary/aromatic N) is 1. The molecule has 0 aromatic carbocycles. The number of hydrogen-bond acceptors (Lipinski definition) is 9. The molecule has 6 rings (SSSR count). The van der Waals surface area contributed by atoms with Gasteiger partial charge in [0.1, 0.15) is 0 Å². The first-order valence-electron chi connectivity index (χ1n) is 14.0. The molecule has 10 atom stereocenters. The van der Waals surface area contributed by atoms with Gasteiger partial charge in [0.25, 0.3) is 0 Å². The summed E-state index contributed by atoms with van der Waals surface area (Å²) in [7, 11) is 0. The lowest BCUT2D eigenvalue weighted by molar-refractivity contribution is -0.577. The quantitative estimate of drug-likeness (QED) is 0.326. The number of rotatable bonds is 9. The van der Waals surface area contributed by atoms with Crippen LogP contribution in [0.4, 0.5) is 0 Å². The fraction of sp³-hybridized carbons (Fsp3) is 1.00. The van der Waals surface area contributed by atoms with Crippen molar-refractivity contribution < 1.29 is 29.1 Å². The molecule has 6 fully saturated rings. The van der Waals surface area contributed by atoms with Crippen LogP contribution < -0.4 is 10.6 Å². The summed E-state index contributed by atoms with van der Waals surface area (Å²) < 4.78 is 19.1. The summed E-state index contributed by atoms with van der Waals surface area (Å²) in [5.41, 5.74) is -0.579. The fourth-order valence-corrected chi connectivity index (χ4v) is 7.10. The van der Waals surface area contributed by atoms with Gasteiger partial charge in [-0.25, -0.2) is 9.78 Å². The molecule has 9 heteroatoms. The number of hydrogen-bond donors (Lipinski definition) is 3. The first-order chi connectivity index (χ1) is 16.8. The third kappa shape index (κ3) is 5.18. The SMILES string of the molecule is CC(NCCCN1CCNCC1)C(O)COC1O[C@@H]2O[C@]3(C)CC[C@H]4[C@H](C)CC[C@@H]([C@H]1C)[C@@]24OO3. The van der Waals surface area contributed by atoms with Crippen molar-refractivity contribution in [1.29, 1.82) is 0 Å². The Morgan fingerprint density at radius 2 is 1.94 bits per heavy atom. The fourth-order valence-electron chi connectivity index (χ4n) is 7.10. The highest BCUT2D eigenvalue weighted by atomic mass is 17.3. The van der Waals surface area contributed by atoms with Crippen LogP contribution in [0.1, 0.15) is 59.8 Å². The third-order valence-electron chi connectivity index (χ3n) is 9.43. The van der Waals surface area contributed by atoms with Gasteiger partial charge < -0.3 is 34.9 Å². The predicted molar refractivity (Wildman–Crippen MR) is 130 cm³/mol. The van der Waals surface area contributed by atoms with E-state index < -0.39 is 30.1 Å². The Bertz CT molecular complexity index is 711. The van der Waals surface area contributed by atoms with Crippen LogP contribution in [0.25, 0.3) is 0 Å². The molecule has 1 aliphatic carbocycles. The predicted octanol–water partition coefficient (Wildman–Crippen LogP) is 1.85. The maximum Gasteiger partial charge on any atom is 0.201 e. The van der Waals surface area contributed by atoms with E-state index in [0.717, 1.165) is 65.0 Å². The molecular weight excluding hydrogens is 450 g/mol. The van der Waals surface area contributed by atoms with Crippen molar-refractivity contribution in [3.8, 4) is 0 Å². The van der Waals surface area contributed by atoms with Crippen molar-refractivity contribution in [3.05, 3.63) is 0 Å². The van der Waals surface area contributed by atoms with E-state index in [1.165, 1.54) is 6.42 Å². The molecular formula is C26H47N3O6. The summed E-state index contributed by atoms with van der Waals surface area (Å²) in [6.45, 7) is 15.0. The van der Waals surface area contributed by atoms with Crippen LogP contribution in [-0.2, 0) is 24.0 Å². The van der Waals surface area contributed by atoms with E-state index in [1.807, 2.05) is 13.8 Å². The minimum atomic E-state index is -0.786. The average molecular weight is 498 g/mol. The number of aliphatic hydroxyl groups excluding tert-OH is 1. The molecule has 35 heavy (non-hydrogen) atoms. The Morgan fingerprint density at radius 3 is 2.74 bits per heavy atom. The van der Waals surface area contributed by atoms with E-state index in [0.29, 0.717) is 11.8 Å². The summed E-state index contributed by atoms with van der Waals surface area (Å²) in [6, 6.07) is -0.0519. The number of ether oxygens (including phenoxy) is 3. The van der Waals surface area contributed by atoms with E-state index >= 15 is 0 Å². The maximum atomic E-state index is 10.8. The monoisotopic (exact) mass is 497 g/mol. The lowest BCUT2D eigenvalue weighted by Gasteiger charge is -2.60. The number of piperazine rings is 1. The second-order valence-electron chi connectivity index (χ2n) is 11.9. The van der Waals surface area contributed by atoms with Crippen molar-refractivity contribution in [2.24, 2.45) is 23.7 Å². The van der Waals surface area contributed by atoms with Crippen LogP contribution in [0, 0.1) is 23.7 Å². The Kier molecular flexibility index (Phi) is 8.09. The summed E-state index contributed by atoms with van der Waals surface area (Å²) in [4.78, 5) is 14.6. The second-order valence-corrected chi connectivity index (χ2v) is 11.9. The average Bonchev–Trinajstić information content (AvgIpc) is 3.09. The number of aliphatic hydroxyl groups is 1. The molecule has 0 aromatic heterocycles. The summed E-state index contributed by atoms with van der Waals surface area (Å²) in [5, 5.41) is 17.6. The zero-order valence-electron chi connectivity index (χ0n) is 22.0. The van der Waals surface area contributed by atoms with Gasteiger partial charge in [-0.05, 0) is 64.5 Å². The van der Waals surface area contributed by atoms with Gasteiger partial charge in [0, 0.05) is 50.5 Å². The lowest BCUT2D eigenvalue weighted by Crippen LogP contribution is -2.70. The molecule has 3 unspecified atom stereocenters. The Hall–Kier alpha value is -0.360.